The van der Waals surface area contributed by atoms with Gasteiger partial charge in [-0.1, -0.05) is 0 Å². The minimum Gasteiger partial charge on any atom is -0.394 e. The maximum atomic E-state index is 12.0. The van der Waals surface area contributed by atoms with Crippen molar-refractivity contribution in [3.8, 4) is 0 Å². The van der Waals surface area contributed by atoms with Gasteiger partial charge in [0, 0.05) is 25.5 Å². The lowest BCUT2D eigenvalue weighted by atomic mass is 10.1. The number of carbonyl (C=O) groups excluding carboxylic acids is 1. The molecule has 1 atom stereocenters. The Kier molecular flexibility index (Phi) is 4.06. The monoisotopic (exact) mass is 236 g/mol. The largest absolute Gasteiger partial charge is 0.394 e. The summed E-state index contributed by atoms with van der Waals surface area (Å²) in [4.78, 5) is 17.7. The van der Waals surface area contributed by atoms with Crippen molar-refractivity contribution in [3.63, 3.8) is 0 Å². The number of hydrogen-bond donors (Lipinski definition) is 1. The average Bonchev–Trinajstić information content (AvgIpc) is 2.40. The number of pyridine rings is 1. The van der Waals surface area contributed by atoms with Crippen LogP contribution in [0.1, 0.15) is 5.56 Å². The molecule has 0 bridgehead atoms. The van der Waals surface area contributed by atoms with Crippen LogP contribution in [-0.2, 0) is 16.0 Å². The smallest absolute Gasteiger partial charge is 0.227 e. The second-order valence-electron chi connectivity index (χ2n) is 4.05. The Labute approximate surface area is 100 Å². The minimum absolute atomic E-state index is 0.0426. The van der Waals surface area contributed by atoms with Crippen molar-refractivity contribution in [2.45, 2.75) is 12.5 Å². The molecule has 1 saturated heterocycles. The highest BCUT2D eigenvalue weighted by Crippen LogP contribution is 2.08. The van der Waals surface area contributed by atoms with Crippen LogP contribution in [0.2, 0.25) is 0 Å². The Balaban J connectivity index is 1.91. The second kappa shape index (κ2) is 5.75. The molecule has 1 amide bonds. The van der Waals surface area contributed by atoms with Gasteiger partial charge in [-0.3, -0.25) is 9.78 Å². The van der Waals surface area contributed by atoms with E-state index >= 15 is 0 Å². The van der Waals surface area contributed by atoms with Crippen molar-refractivity contribution >= 4 is 5.91 Å². The molecule has 1 aliphatic heterocycles. The second-order valence-corrected chi connectivity index (χ2v) is 4.05. The first-order valence-corrected chi connectivity index (χ1v) is 5.68. The third kappa shape index (κ3) is 3.25. The van der Waals surface area contributed by atoms with Crippen molar-refractivity contribution in [2.24, 2.45) is 0 Å². The topological polar surface area (TPSA) is 62.7 Å². The first-order valence-electron chi connectivity index (χ1n) is 5.68. The predicted octanol–water partition coefficient (Wildman–Crippen LogP) is -0.156. The summed E-state index contributed by atoms with van der Waals surface area (Å²) in [5.41, 5.74) is 0.956. The van der Waals surface area contributed by atoms with E-state index in [1.807, 2.05) is 12.1 Å². The van der Waals surface area contributed by atoms with E-state index in [0.717, 1.165) is 5.56 Å². The van der Waals surface area contributed by atoms with Gasteiger partial charge < -0.3 is 14.7 Å². The lowest BCUT2D eigenvalue weighted by Crippen LogP contribution is -2.47. The van der Waals surface area contributed by atoms with Gasteiger partial charge in [0.2, 0.25) is 5.91 Å². The van der Waals surface area contributed by atoms with E-state index in [9.17, 15) is 4.79 Å². The van der Waals surface area contributed by atoms with Gasteiger partial charge >= 0.3 is 0 Å². The van der Waals surface area contributed by atoms with Crippen LogP contribution in [0.15, 0.2) is 24.5 Å². The van der Waals surface area contributed by atoms with Crippen LogP contribution in [0.3, 0.4) is 0 Å². The molecule has 2 rings (SSSR count). The van der Waals surface area contributed by atoms with E-state index in [0.29, 0.717) is 26.1 Å². The minimum atomic E-state index is -0.245. The highest BCUT2D eigenvalue weighted by molar-refractivity contribution is 5.78. The first-order chi connectivity index (χ1) is 8.29. The quantitative estimate of drug-likeness (QED) is 0.792. The summed E-state index contributed by atoms with van der Waals surface area (Å²) in [6, 6.07) is 3.67. The number of aromatic nitrogens is 1. The summed E-state index contributed by atoms with van der Waals surface area (Å²) in [6.07, 6.45) is 3.49. The van der Waals surface area contributed by atoms with Crippen LogP contribution >= 0.6 is 0 Å². The number of aliphatic hydroxyl groups is 1. The number of ether oxygens (including phenoxy) is 1. The number of amides is 1. The highest BCUT2D eigenvalue weighted by Gasteiger charge is 2.23. The summed E-state index contributed by atoms with van der Waals surface area (Å²) in [6.45, 7) is 1.52. The van der Waals surface area contributed by atoms with E-state index in [1.165, 1.54) is 0 Å². The maximum Gasteiger partial charge on any atom is 0.227 e. The Morgan fingerprint density at radius 3 is 3.00 bits per heavy atom. The van der Waals surface area contributed by atoms with E-state index in [4.69, 9.17) is 9.84 Å². The Morgan fingerprint density at radius 2 is 2.29 bits per heavy atom. The Hall–Kier alpha value is -1.46. The molecule has 1 fully saturated rings. The summed E-state index contributed by atoms with van der Waals surface area (Å²) < 4.78 is 5.30. The van der Waals surface area contributed by atoms with Crippen molar-refractivity contribution in [3.05, 3.63) is 30.1 Å². The maximum absolute atomic E-state index is 12.0. The van der Waals surface area contributed by atoms with Gasteiger partial charge in [-0.05, 0) is 17.7 Å². The van der Waals surface area contributed by atoms with Crippen molar-refractivity contribution in [2.75, 3.05) is 26.3 Å². The molecule has 2 heterocycles. The summed E-state index contributed by atoms with van der Waals surface area (Å²) in [7, 11) is 0. The molecule has 1 N–H and O–H groups in total. The van der Waals surface area contributed by atoms with E-state index in [1.54, 1.807) is 17.3 Å². The van der Waals surface area contributed by atoms with Crippen LogP contribution in [-0.4, -0.2) is 53.3 Å². The predicted molar refractivity (Wildman–Crippen MR) is 61.3 cm³/mol. The number of carbonyl (C=O) groups is 1. The number of nitrogens with zero attached hydrogens (tertiary/aromatic N) is 2. The fourth-order valence-corrected chi connectivity index (χ4v) is 1.84. The highest BCUT2D eigenvalue weighted by atomic mass is 16.5. The van der Waals surface area contributed by atoms with Crippen molar-refractivity contribution < 1.29 is 14.6 Å². The summed E-state index contributed by atoms with van der Waals surface area (Å²) >= 11 is 0. The molecule has 1 aliphatic rings. The molecule has 1 aromatic heterocycles. The van der Waals surface area contributed by atoms with E-state index in [2.05, 4.69) is 4.98 Å². The summed E-state index contributed by atoms with van der Waals surface area (Å²) in [5.74, 6) is 0.0675. The van der Waals surface area contributed by atoms with Gasteiger partial charge in [0.25, 0.3) is 0 Å². The van der Waals surface area contributed by atoms with Crippen LogP contribution in [0.5, 0.6) is 0 Å². The zero-order chi connectivity index (χ0) is 12.1. The lowest BCUT2D eigenvalue weighted by molar-refractivity contribution is -0.139. The normalized spacial score (nSPS) is 20.3. The zero-order valence-electron chi connectivity index (χ0n) is 9.58. The third-order valence-corrected chi connectivity index (χ3v) is 2.80. The Bertz CT molecular complexity index is 369. The fraction of sp³-hybridized carbons (Fsp3) is 0.500. The molecule has 0 aliphatic carbocycles. The SMILES string of the molecule is O=C(Cc1ccncc1)N1CCOC(CO)C1. The van der Waals surface area contributed by atoms with Gasteiger partial charge in [-0.15, -0.1) is 0 Å². The summed E-state index contributed by atoms with van der Waals surface area (Å²) in [5, 5.41) is 9.01. The standard InChI is InChI=1S/C12H16N2O3/c15-9-11-8-14(5-6-17-11)12(16)7-10-1-3-13-4-2-10/h1-4,11,15H,5-9H2. The van der Waals surface area contributed by atoms with Crippen LogP contribution < -0.4 is 0 Å². The van der Waals surface area contributed by atoms with Gasteiger partial charge in [0.05, 0.1) is 25.7 Å². The molecular formula is C12H16N2O3. The molecule has 0 aromatic carbocycles. The first kappa shape index (κ1) is 12.0. The molecule has 1 unspecified atom stereocenters. The number of aliphatic hydroxyl groups excluding tert-OH is 1. The third-order valence-electron chi connectivity index (χ3n) is 2.80. The van der Waals surface area contributed by atoms with E-state index < -0.39 is 0 Å². The van der Waals surface area contributed by atoms with Crippen LogP contribution in [0.25, 0.3) is 0 Å². The fourth-order valence-electron chi connectivity index (χ4n) is 1.84. The molecule has 0 spiro atoms. The number of morpholine rings is 1. The molecule has 0 saturated carbocycles. The molecular weight excluding hydrogens is 220 g/mol. The molecule has 92 valence electrons. The number of rotatable bonds is 3. The van der Waals surface area contributed by atoms with Gasteiger partial charge in [-0.25, -0.2) is 0 Å². The van der Waals surface area contributed by atoms with Crippen molar-refractivity contribution in [1.82, 2.24) is 9.88 Å². The van der Waals surface area contributed by atoms with Gasteiger partial charge in [0.1, 0.15) is 0 Å². The Morgan fingerprint density at radius 1 is 1.53 bits per heavy atom. The van der Waals surface area contributed by atoms with Gasteiger partial charge in [-0.2, -0.15) is 0 Å². The molecule has 5 heteroatoms. The zero-order valence-corrected chi connectivity index (χ0v) is 9.58. The van der Waals surface area contributed by atoms with Gasteiger partial charge in [0.15, 0.2) is 0 Å². The van der Waals surface area contributed by atoms with E-state index in [-0.39, 0.29) is 18.6 Å². The molecule has 1 aromatic rings. The van der Waals surface area contributed by atoms with Crippen LogP contribution in [0.4, 0.5) is 0 Å². The number of hydrogen-bond acceptors (Lipinski definition) is 4. The lowest BCUT2D eigenvalue weighted by Gasteiger charge is -2.32. The van der Waals surface area contributed by atoms with Crippen LogP contribution in [0, 0.1) is 0 Å². The molecule has 5 nitrogen and oxygen atoms in total. The average molecular weight is 236 g/mol. The molecule has 0 radical (unpaired) electrons. The molecule has 17 heavy (non-hydrogen) atoms. The van der Waals surface area contributed by atoms with Crippen molar-refractivity contribution in [1.29, 1.82) is 0 Å².